The fourth-order valence-corrected chi connectivity index (χ4v) is 2.53. The van der Waals surface area contributed by atoms with Crippen molar-refractivity contribution in [3.63, 3.8) is 0 Å². The van der Waals surface area contributed by atoms with Gasteiger partial charge in [-0.3, -0.25) is 4.79 Å². The maximum Gasteiger partial charge on any atom is 0.338 e. The van der Waals surface area contributed by atoms with Crippen LogP contribution in [0.4, 0.5) is 5.69 Å². The zero-order valence-electron chi connectivity index (χ0n) is 15.4. The van der Waals surface area contributed by atoms with E-state index in [-0.39, 0.29) is 28.4 Å². The smallest absolute Gasteiger partial charge is 0.338 e. The Kier molecular flexibility index (Phi) is 6.90. The van der Waals surface area contributed by atoms with Crippen LogP contribution in [0.1, 0.15) is 27.6 Å². The van der Waals surface area contributed by atoms with Gasteiger partial charge in [0.05, 0.1) is 44.2 Å². The van der Waals surface area contributed by atoms with E-state index >= 15 is 0 Å². The van der Waals surface area contributed by atoms with Crippen molar-refractivity contribution < 1.29 is 28.5 Å². The van der Waals surface area contributed by atoms with Crippen LogP contribution in [-0.4, -0.2) is 39.8 Å². The van der Waals surface area contributed by atoms with E-state index in [2.05, 4.69) is 5.32 Å². The number of carbonyl (C=O) groups is 2. The first kappa shape index (κ1) is 20.4. The zero-order chi connectivity index (χ0) is 20.0. The molecule has 0 aromatic heterocycles. The summed E-state index contributed by atoms with van der Waals surface area (Å²) in [6.07, 6.45) is 0. The Hall–Kier alpha value is -2.93. The van der Waals surface area contributed by atoms with Crippen LogP contribution in [0.25, 0.3) is 0 Å². The van der Waals surface area contributed by atoms with Crippen molar-refractivity contribution in [2.75, 3.05) is 33.3 Å². The third kappa shape index (κ3) is 4.62. The summed E-state index contributed by atoms with van der Waals surface area (Å²) in [6, 6.07) is 7.52. The summed E-state index contributed by atoms with van der Waals surface area (Å²) in [5, 5.41) is 2.95. The van der Waals surface area contributed by atoms with E-state index in [1.165, 1.54) is 51.7 Å². The molecule has 0 bridgehead atoms. The maximum atomic E-state index is 12.7. The molecule has 0 heterocycles. The molecule has 0 fully saturated rings. The standard InChI is InChI=1S/C19H20ClNO6/c1-5-27-19(23)11-6-7-13(20)14(8-11)21-18(22)12-9-15(24-2)17(26-4)16(10-12)25-3/h6-10H,5H2,1-4H3,(H,21,22). The molecule has 0 aliphatic rings. The number of hydrogen-bond acceptors (Lipinski definition) is 6. The normalized spacial score (nSPS) is 10.1. The average Bonchev–Trinajstić information content (AvgIpc) is 2.68. The van der Waals surface area contributed by atoms with Crippen molar-refractivity contribution in [3.05, 3.63) is 46.5 Å². The molecule has 2 rings (SSSR count). The number of halogens is 1. The molecule has 0 unspecified atom stereocenters. The quantitative estimate of drug-likeness (QED) is 0.720. The monoisotopic (exact) mass is 393 g/mol. The van der Waals surface area contributed by atoms with Crippen LogP contribution in [0, 0.1) is 0 Å². The molecule has 27 heavy (non-hydrogen) atoms. The highest BCUT2D eigenvalue weighted by atomic mass is 35.5. The molecule has 2 aromatic carbocycles. The predicted molar refractivity (Wildman–Crippen MR) is 101 cm³/mol. The summed E-state index contributed by atoms with van der Waals surface area (Å²) >= 11 is 6.14. The van der Waals surface area contributed by atoms with Crippen LogP contribution in [0.3, 0.4) is 0 Å². The second-order valence-electron chi connectivity index (χ2n) is 5.28. The highest BCUT2D eigenvalue weighted by Gasteiger charge is 2.18. The fraction of sp³-hybridized carbons (Fsp3) is 0.263. The zero-order valence-corrected chi connectivity index (χ0v) is 16.2. The highest BCUT2D eigenvalue weighted by Crippen LogP contribution is 2.38. The van der Waals surface area contributed by atoms with Crippen molar-refractivity contribution in [1.82, 2.24) is 0 Å². The molecule has 0 aliphatic heterocycles. The topological polar surface area (TPSA) is 83.1 Å². The first-order valence-electron chi connectivity index (χ1n) is 8.03. The molecule has 0 saturated heterocycles. The molecule has 144 valence electrons. The molecule has 0 aliphatic carbocycles. The van der Waals surface area contributed by atoms with Crippen LogP contribution in [0.2, 0.25) is 5.02 Å². The summed E-state index contributed by atoms with van der Waals surface area (Å²) in [5.41, 5.74) is 0.824. The summed E-state index contributed by atoms with van der Waals surface area (Å²) in [6.45, 7) is 1.95. The van der Waals surface area contributed by atoms with Gasteiger partial charge in [-0.1, -0.05) is 11.6 Å². The summed E-state index contributed by atoms with van der Waals surface area (Å²) in [7, 11) is 4.39. The summed E-state index contributed by atoms with van der Waals surface area (Å²) in [4.78, 5) is 24.5. The molecule has 2 aromatic rings. The molecule has 1 amide bonds. The number of hydrogen-bond donors (Lipinski definition) is 1. The SMILES string of the molecule is CCOC(=O)c1ccc(Cl)c(NC(=O)c2cc(OC)c(OC)c(OC)c2)c1. The van der Waals surface area contributed by atoms with E-state index in [0.717, 1.165) is 0 Å². The van der Waals surface area contributed by atoms with Crippen LogP contribution < -0.4 is 19.5 Å². The largest absolute Gasteiger partial charge is 0.493 e. The van der Waals surface area contributed by atoms with Gasteiger partial charge in [-0.05, 0) is 37.3 Å². The van der Waals surface area contributed by atoms with Crippen molar-refractivity contribution in [2.45, 2.75) is 6.92 Å². The molecule has 0 spiro atoms. The number of benzene rings is 2. The second-order valence-corrected chi connectivity index (χ2v) is 5.69. The average molecular weight is 394 g/mol. The van der Waals surface area contributed by atoms with Gasteiger partial charge in [-0.15, -0.1) is 0 Å². The number of nitrogens with one attached hydrogen (secondary N) is 1. The molecular formula is C19H20ClNO6. The minimum Gasteiger partial charge on any atom is -0.493 e. The Balaban J connectivity index is 2.34. The van der Waals surface area contributed by atoms with Crippen molar-refractivity contribution >= 4 is 29.2 Å². The van der Waals surface area contributed by atoms with Gasteiger partial charge in [0.15, 0.2) is 11.5 Å². The van der Waals surface area contributed by atoms with Crippen LogP contribution in [0.5, 0.6) is 17.2 Å². The van der Waals surface area contributed by atoms with Gasteiger partial charge in [0, 0.05) is 5.56 Å². The Morgan fingerprint density at radius 1 is 0.963 bits per heavy atom. The number of esters is 1. The molecule has 0 saturated carbocycles. The predicted octanol–water partition coefficient (Wildman–Crippen LogP) is 3.79. The number of methoxy groups -OCH3 is 3. The Morgan fingerprint density at radius 2 is 1.59 bits per heavy atom. The summed E-state index contributed by atoms with van der Waals surface area (Å²) in [5.74, 6) is 0.0928. The number of amides is 1. The van der Waals surface area contributed by atoms with E-state index in [1.54, 1.807) is 6.92 Å². The lowest BCUT2D eigenvalue weighted by Crippen LogP contribution is -2.14. The molecule has 8 heteroatoms. The van der Waals surface area contributed by atoms with E-state index < -0.39 is 11.9 Å². The fourth-order valence-electron chi connectivity index (χ4n) is 2.37. The molecule has 0 atom stereocenters. The maximum absolute atomic E-state index is 12.7. The van der Waals surface area contributed by atoms with Crippen LogP contribution in [-0.2, 0) is 4.74 Å². The van der Waals surface area contributed by atoms with Gasteiger partial charge in [0.2, 0.25) is 5.75 Å². The minimum absolute atomic E-state index is 0.245. The molecular weight excluding hydrogens is 374 g/mol. The van der Waals surface area contributed by atoms with Gasteiger partial charge >= 0.3 is 5.97 Å². The van der Waals surface area contributed by atoms with E-state index in [4.69, 9.17) is 30.5 Å². The minimum atomic E-state index is -0.502. The van der Waals surface area contributed by atoms with Crippen molar-refractivity contribution in [1.29, 1.82) is 0 Å². The molecule has 7 nitrogen and oxygen atoms in total. The first-order chi connectivity index (χ1) is 12.9. The highest BCUT2D eigenvalue weighted by molar-refractivity contribution is 6.34. The summed E-state index contributed by atoms with van der Waals surface area (Å²) < 4.78 is 20.7. The lowest BCUT2D eigenvalue weighted by Gasteiger charge is -2.14. The van der Waals surface area contributed by atoms with Crippen molar-refractivity contribution in [2.24, 2.45) is 0 Å². The number of carbonyl (C=O) groups excluding carboxylic acids is 2. The lowest BCUT2D eigenvalue weighted by molar-refractivity contribution is 0.0526. The van der Waals surface area contributed by atoms with Crippen LogP contribution in [0.15, 0.2) is 30.3 Å². The number of rotatable bonds is 7. The third-order valence-corrected chi connectivity index (χ3v) is 3.98. The molecule has 1 N–H and O–H groups in total. The number of anilines is 1. The van der Waals surface area contributed by atoms with Gasteiger partial charge in [-0.2, -0.15) is 0 Å². The lowest BCUT2D eigenvalue weighted by atomic mass is 10.1. The van der Waals surface area contributed by atoms with Gasteiger partial charge in [0.1, 0.15) is 0 Å². The van der Waals surface area contributed by atoms with Crippen LogP contribution >= 0.6 is 11.6 Å². The Bertz CT molecular complexity index is 827. The van der Waals surface area contributed by atoms with E-state index in [9.17, 15) is 9.59 Å². The van der Waals surface area contributed by atoms with E-state index in [0.29, 0.717) is 17.2 Å². The van der Waals surface area contributed by atoms with Gasteiger partial charge < -0.3 is 24.3 Å². The first-order valence-corrected chi connectivity index (χ1v) is 8.40. The van der Waals surface area contributed by atoms with Gasteiger partial charge in [-0.25, -0.2) is 4.79 Å². The van der Waals surface area contributed by atoms with Gasteiger partial charge in [0.25, 0.3) is 5.91 Å². The number of ether oxygens (including phenoxy) is 4. The Labute approximate surface area is 162 Å². The Morgan fingerprint density at radius 3 is 2.11 bits per heavy atom. The molecule has 0 radical (unpaired) electrons. The van der Waals surface area contributed by atoms with Crippen molar-refractivity contribution in [3.8, 4) is 17.2 Å². The third-order valence-electron chi connectivity index (χ3n) is 3.65. The van der Waals surface area contributed by atoms with E-state index in [1.807, 2.05) is 0 Å². The second kappa shape index (κ2) is 9.14.